The van der Waals surface area contributed by atoms with E-state index >= 15 is 0 Å². The first kappa shape index (κ1) is 11.6. The smallest absolute Gasteiger partial charge is 0.408 e. The molecule has 0 bridgehead atoms. The summed E-state index contributed by atoms with van der Waals surface area (Å²) in [7, 11) is 1.87. The molecule has 0 amide bonds. The molecule has 2 heterocycles. The highest BCUT2D eigenvalue weighted by Crippen LogP contribution is 2.16. The van der Waals surface area contributed by atoms with Crippen LogP contribution in [0.1, 0.15) is 5.56 Å². The van der Waals surface area contributed by atoms with Crippen molar-refractivity contribution in [1.29, 1.82) is 0 Å². The van der Waals surface area contributed by atoms with Crippen molar-refractivity contribution in [3.8, 4) is 0 Å². The van der Waals surface area contributed by atoms with E-state index in [1.54, 1.807) is 33.6 Å². The average molecular weight is 258 g/mol. The molecule has 0 unspecified atom stereocenters. The molecule has 6 heteroatoms. The molecule has 0 atom stereocenters. The molecule has 19 heavy (non-hydrogen) atoms. The summed E-state index contributed by atoms with van der Waals surface area (Å²) in [4.78, 5) is 11.8. The second kappa shape index (κ2) is 4.31. The normalized spacial score (nSPS) is 11.2. The summed E-state index contributed by atoms with van der Waals surface area (Å²) in [5.74, 6) is -0.357. The minimum absolute atomic E-state index is 0.357. The van der Waals surface area contributed by atoms with Crippen LogP contribution < -0.4 is 11.5 Å². The quantitative estimate of drug-likeness (QED) is 0.715. The number of aryl methyl sites for hydroxylation is 3. The topological polar surface area (TPSA) is 79.0 Å². The van der Waals surface area contributed by atoms with Crippen molar-refractivity contribution in [2.45, 2.75) is 13.0 Å². The summed E-state index contributed by atoms with van der Waals surface area (Å²) in [6.07, 6.45) is 4.46. The first-order valence-electron chi connectivity index (χ1n) is 6.00. The van der Waals surface area contributed by atoms with Gasteiger partial charge in [0.2, 0.25) is 0 Å². The van der Waals surface area contributed by atoms with Crippen LogP contribution in [0.2, 0.25) is 0 Å². The van der Waals surface area contributed by atoms with Crippen molar-refractivity contribution >= 4 is 16.8 Å². The van der Waals surface area contributed by atoms with E-state index in [4.69, 9.17) is 10.2 Å². The third kappa shape index (κ3) is 2.12. The van der Waals surface area contributed by atoms with E-state index in [9.17, 15) is 4.79 Å². The summed E-state index contributed by atoms with van der Waals surface area (Å²) < 4.78 is 8.54. The fourth-order valence-electron chi connectivity index (χ4n) is 2.14. The third-order valence-corrected chi connectivity index (χ3v) is 3.07. The molecule has 0 radical (unpaired) electrons. The van der Waals surface area contributed by atoms with Crippen LogP contribution in [-0.4, -0.2) is 14.3 Å². The molecule has 0 aliphatic carbocycles. The van der Waals surface area contributed by atoms with Crippen LogP contribution >= 0.6 is 0 Å². The van der Waals surface area contributed by atoms with E-state index in [1.165, 1.54) is 0 Å². The minimum Gasteiger partial charge on any atom is -0.408 e. The monoisotopic (exact) mass is 258 g/mol. The van der Waals surface area contributed by atoms with Crippen LogP contribution in [0.5, 0.6) is 0 Å². The first-order chi connectivity index (χ1) is 9.13. The molecule has 2 aromatic heterocycles. The summed E-state index contributed by atoms with van der Waals surface area (Å²) in [6, 6.07) is 5.23. The number of rotatable bonds is 3. The zero-order valence-electron chi connectivity index (χ0n) is 10.5. The Morgan fingerprint density at radius 3 is 3.00 bits per heavy atom. The molecule has 0 aliphatic rings. The summed E-state index contributed by atoms with van der Waals surface area (Å²) in [6.45, 7) is 0.557. The Morgan fingerprint density at radius 1 is 1.42 bits per heavy atom. The van der Waals surface area contributed by atoms with E-state index in [1.807, 2.05) is 13.2 Å². The Morgan fingerprint density at radius 2 is 2.26 bits per heavy atom. The van der Waals surface area contributed by atoms with Crippen LogP contribution in [0.4, 0.5) is 5.69 Å². The molecular weight excluding hydrogens is 244 g/mol. The van der Waals surface area contributed by atoms with Gasteiger partial charge in [-0.05, 0) is 24.1 Å². The second-order valence-corrected chi connectivity index (χ2v) is 4.52. The Kier molecular flexibility index (Phi) is 2.63. The number of nitrogens with two attached hydrogens (primary N) is 1. The van der Waals surface area contributed by atoms with Gasteiger partial charge in [-0.1, -0.05) is 0 Å². The number of nitrogens with zero attached hydrogens (tertiary/aromatic N) is 3. The molecule has 6 nitrogen and oxygen atoms in total. The molecule has 0 saturated heterocycles. The number of hydrogen-bond donors (Lipinski definition) is 1. The lowest BCUT2D eigenvalue weighted by molar-refractivity contribution is 0.505. The zero-order chi connectivity index (χ0) is 13.4. The Balaban J connectivity index is 1.92. The number of fused-ring (bicyclic) bond motifs is 1. The highest BCUT2D eigenvalue weighted by Gasteiger charge is 2.09. The van der Waals surface area contributed by atoms with Crippen LogP contribution in [0.3, 0.4) is 0 Å². The zero-order valence-corrected chi connectivity index (χ0v) is 10.5. The number of nitrogen functional groups attached to an aromatic ring is 1. The van der Waals surface area contributed by atoms with Crippen molar-refractivity contribution in [3.05, 3.63) is 46.7 Å². The van der Waals surface area contributed by atoms with Gasteiger partial charge in [0.25, 0.3) is 0 Å². The van der Waals surface area contributed by atoms with E-state index < -0.39 is 0 Å². The molecule has 3 rings (SSSR count). The second-order valence-electron chi connectivity index (χ2n) is 4.52. The summed E-state index contributed by atoms with van der Waals surface area (Å²) >= 11 is 0. The van der Waals surface area contributed by atoms with Gasteiger partial charge in [-0.2, -0.15) is 5.10 Å². The molecule has 98 valence electrons. The number of benzene rings is 1. The minimum atomic E-state index is -0.357. The fraction of sp³-hybridized carbons (Fsp3) is 0.231. The summed E-state index contributed by atoms with van der Waals surface area (Å²) in [5.41, 5.74) is 8.63. The van der Waals surface area contributed by atoms with E-state index in [0.717, 1.165) is 17.5 Å². The Labute approximate surface area is 109 Å². The standard InChI is InChI=1S/C13H14N4O2/c1-16-8-9(7-15-16)4-5-17-11-3-2-10(14)6-12(11)19-13(17)18/h2-3,6-8H,4-5,14H2,1H3. The van der Waals surface area contributed by atoms with Gasteiger partial charge in [-0.3, -0.25) is 9.25 Å². The van der Waals surface area contributed by atoms with Gasteiger partial charge < -0.3 is 10.2 Å². The SMILES string of the molecule is Cn1cc(CCn2c(=O)oc3cc(N)ccc32)cn1. The van der Waals surface area contributed by atoms with E-state index in [-0.39, 0.29) is 5.76 Å². The van der Waals surface area contributed by atoms with Crippen molar-refractivity contribution in [2.24, 2.45) is 7.05 Å². The predicted octanol–water partition coefficient (Wildman–Crippen LogP) is 1.15. The van der Waals surface area contributed by atoms with Crippen molar-refractivity contribution < 1.29 is 4.42 Å². The Hall–Kier alpha value is -2.50. The molecule has 2 N–H and O–H groups in total. The lowest BCUT2D eigenvalue weighted by Gasteiger charge is -2.00. The molecule has 0 aliphatic heterocycles. The van der Waals surface area contributed by atoms with E-state index in [0.29, 0.717) is 17.8 Å². The lowest BCUT2D eigenvalue weighted by Crippen LogP contribution is -2.15. The maximum absolute atomic E-state index is 11.8. The van der Waals surface area contributed by atoms with Crippen LogP contribution in [-0.2, 0) is 20.0 Å². The Bertz CT molecular complexity index is 781. The predicted molar refractivity (Wildman–Crippen MR) is 71.8 cm³/mol. The maximum Gasteiger partial charge on any atom is 0.419 e. The highest BCUT2D eigenvalue weighted by molar-refractivity contribution is 5.76. The molecule has 1 aromatic carbocycles. The van der Waals surface area contributed by atoms with Gasteiger partial charge in [0.15, 0.2) is 5.58 Å². The van der Waals surface area contributed by atoms with Crippen molar-refractivity contribution in [2.75, 3.05) is 5.73 Å². The first-order valence-corrected chi connectivity index (χ1v) is 6.00. The van der Waals surface area contributed by atoms with Gasteiger partial charge in [0.05, 0.1) is 11.7 Å². The van der Waals surface area contributed by atoms with Crippen molar-refractivity contribution in [1.82, 2.24) is 14.3 Å². The number of anilines is 1. The van der Waals surface area contributed by atoms with Crippen LogP contribution in [0.25, 0.3) is 11.1 Å². The lowest BCUT2D eigenvalue weighted by atomic mass is 10.2. The molecule has 0 saturated carbocycles. The molecular formula is C13H14N4O2. The van der Waals surface area contributed by atoms with Crippen LogP contribution in [0, 0.1) is 0 Å². The fourth-order valence-corrected chi connectivity index (χ4v) is 2.14. The average Bonchev–Trinajstić information content (AvgIpc) is 2.89. The van der Waals surface area contributed by atoms with Gasteiger partial charge in [0, 0.05) is 31.5 Å². The van der Waals surface area contributed by atoms with Crippen molar-refractivity contribution in [3.63, 3.8) is 0 Å². The molecule has 0 fully saturated rings. The van der Waals surface area contributed by atoms with Crippen LogP contribution in [0.15, 0.2) is 39.8 Å². The summed E-state index contributed by atoms with van der Waals surface area (Å²) in [5, 5.41) is 4.10. The number of oxazole rings is 1. The third-order valence-electron chi connectivity index (χ3n) is 3.07. The largest absolute Gasteiger partial charge is 0.419 e. The molecule has 0 spiro atoms. The van der Waals surface area contributed by atoms with Gasteiger partial charge >= 0.3 is 5.76 Å². The molecule has 3 aromatic rings. The number of aromatic nitrogens is 3. The number of hydrogen-bond acceptors (Lipinski definition) is 4. The maximum atomic E-state index is 11.8. The highest BCUT2D eigenvalue weighted by atomic mass is 16.4. The van der Waals surface area contributed by atoms with Gasteiger partial charge in [-0.15, -0.1) is 0 Å². The van der Waals surface area contributed by atoms with Gasteiger partial charge in [0.1, 0.15) is 0 Å². The van der Waals surface area contributed by atoms with E-state index in [2.05, 4.69) is 5.10 Å². The van der Waals surface area contributed by atoms with Gasteiger partial charge in [-0.25, -0.2) is 4.79 Å².